The van der Waals surface area contributed by atoms with Crippen molar-refractivity contribution in [2.45, 2.75) is 64.0 Å². The first-order chi connectivity index (χ1) is 21.1. The Morgan fingerprint density at radius 1 is 0.837 bits per heavy atom. The monoisotopic (exact) mass is 574 g/mol. The molecule has 2 unspecified atom stereocenters. The lowest BCUT2D eigenvalue weighted by Gasteiger charge is -2.29. The number of aliphatic carboxylic acids is 1. The number of benzene rings is 3. The number of ether oxygens (including phenoxy) is 1. The Morgan fingerprint density at radius 3 is 2.49 bits per heavy atom. The third-order valence-electron chi connectivity index (χ3n) is 9.21. The van der Waals surface area contributed by atoms with Crippen LogP contribution in [0, 0.1) is 5.92 Å². The Kier molecular flexibility index (Phi) is 7.71. The molecule has 7 nitrogen and oxygen atoms in total. The molecule has 7 heteroatoms. The van der Waals surface area contributed by atoms with E-state index >= 15 is 0 Å². The second-order valence-corrected chi connectivity index (χ2v) is 12.0. The Morgan fingerprint density at radius 2 is 1.65 bits per heavy atom. The number of fused-ring (bicyclic) bond motifs is 2. The normalized spacial score (nSPS) is 19.1. The Hall–Kier alpha value is -4.39. The molecule has 7 rings (SSSR count). The predicted molar refractivity (Wildman–Crippen MR) is 170 cm³/mol. The van der Waals surface area contributed by atoms with E-state index in [2.05, 4.69) is 51.9 Å². The number of hydrogen-bond acceptors (Lipinski definition) is 5. The van der Waals surface area contributed by atoms with Crippen molar-refractivity contribution in [2.24, 2.45) is 5.92 Å². The number of anilines is 1. The van der Waals surface area contributed by atoms with Crippen molar-refractivity contribution in [1.82, 2.24) is 14.5 Å². The first kappa shape index (κ1) is 27.4. The van der Waals surface area contributed by atoms with E-state index in [4.69, 9.17) is 14.7 Å². The van der Waals surface area contributed by atoms with Gasteiger partial charge in [0, 0.05) is 42.7 Å². The van der Waals surface area contributed by atoms with Gasteiger partial charge < -0.3 is 19.3 Å². The van der Waals surface area contributed by atoms with Crippen molar-refractivity contribution in [3.8, 4) is 5.75 Å². The van der Waals surface area contributed by atoms with Crippen LogP contribution in [0.15, 0.2) is 78.9 Å². The Bertz CT molecular complexity index is 1740. The summed E-state index contributed by atoms with van der Waals surface area (Å²) in [5, 5.41) is 11.2. The lowest BCUT2D eigenvalue weighted by molar-refractivity contribution is -0.143. The molecule has 2 aliphatic rings. The highest BCUT2D eigenvalue weighted by Crippen LogP contribution is 2.39. The van der Waals surface area contributed by atoms with Gasteiger partial charge in [-0.25, -0.2) is 9.97 Å². The van der Waals surface area contributed by atoms with Gasteiger partial charge in [-0.3, -0.25) is 4.79 Å². The minimum Gasteiger partial charge on any atom is -0.487 e. The van der Waals surface area contributed by atoms with Crippen LogP contribution in [0.3, 0.4) is 0 Å². The van der Waals surface area contributed by atoms with Crippen molar-refractivity contribution >= 4 is 33.6 Å². The van der Waals surface area contributed by atoms with Crippen LogP contribution in [0.2, 0.25) is 0 Å². The number of carboxylic acids is 1. The molecular weight excluding hydrogens is 536 g/mol. The molecule has 43 heavy (non-hydrogen) atoms. The highest BCUT2D eigenvalue weighted by molar-refractivity contribution is 5.79. The summed E-state index contributed by atoms with van der Waals surface area (Å²) in [4.78, 5) is 24.6. The van der Waals surface area contributed by atoms with E-state index in [1.807, 2.05) is 36.4 Å². The molecule has 2 atom stereocenters. The largest absolute Gasteiger partial charge is 0.487 e. The summed E-state index contributed by atoms with van der Waals surface area (Å²) in [7, 11) is 0. The number of nitrogens with zero attached hydrogens (tertiary/aromatic N) is 4. The van der Waals surface area contributed by atoms with Crippen LogP contribution in [0.5, 0.6) is 5.75 Å². The first-order valence-corrected chi connectivity index (χ1v) is 15.7. The molecule has 0 amide bonds. The minimum absolute atomic E-state index is 0.113. The molecule has 5 aromatic rings. The van der Waals surface area contributed by atoms with E-state index < -0.39 is 11.9 Å². The second-order valence-electron chi connectivity index (χ2n) is 12.0. The van der Waals surface area contributed by atoms with E-state index in [0.29, 0.717) is 19.6 Å². The molecule has 1 saturated heterocycles. The number of carboxylic acid groups (broad SMARTS) is 1. The van der Waals surface area contributed by atoms with Gasteiger partial charge in [0.1, 0.15) is 18.2 Å². The van der Waals surface area contributed by atoms with Crippen molar-refractivity contribution in [3.05, 3.63) is 95.9 Å². The third-order valence-corrected chi connectivity index (χ3v) is 9.21. The zero-order valence-electron chi connectivity index (χ0n) is 24.5. The van der Waals surface area contributed by atoms with Crippen molar-refractivity contribution < 1.29 is 14.6 Å². The third kappa shape index (κ3) is 5.81. The minimum atomic E-state index is -0.721. The van der Waals surface area contributed by atoms with E-state index in [1.54, 1.807) is 0 Å². The lowest BCUT2D eigenvalue weighted by Crippen LogP contribution is -2.29. The van der Waals surface area contributed by atoms with E-state index in [1.165, 1.54) is 30.5 Å². The van der Waals surface area contributed by atoms with Gasteiger partial charge in [-0.05, 0) is 74.1 Å². The van der Waals surface area contributed by atoms with Crippen LogP contribution in [-0.4, -0.2) is 38.7 Å². The summed E-state index contributed by atoms with van der Waals surface area (Å²) in [6, 6.07) is 27.1. The molecule has 2 fully saturated rings. The number of pyridine rings is 1. The summed E-state index contributed by atoms with van der Waals surface area (Å²) >= 11 is 0. The average Bonchev–Trinajstić information content (AvgIpc) is 3.41. The van der Waals surface area contributed by atoms with Gasteiger partial charge in [0.2, 0.25) is 0 Å². The highest BCUT2D eigenvalue weighted by Gasteiger charge is 2.35. The molecule has 220 valence electrons. The van der Waals surface area contributed by atoms with Crippen molar-refractivity contribution in [1.29, 1.82) is 0 Å². The van der Waals surface area contributed by atoms with Gasteiger partial charge in [-0.15, -0.1) is 0 Å². The zero-order chi connectivity index (χ0) is 29.2. The van der Waals surface area contributed by atoms with Gasteiger partial charge in [0.15, 0.2) is 0 Å². The van der Waals surface area contributed by atoms with Crippen LogP contribution in [-0.2, 0) is 17.9 Å². The summed E-state index contributed by atoms with van der Waals surface area (Å²) in [6.07, 6.45) is 7.33. The number of carbonyl (C=O) groups is 1. The topological polar surface area (TPSA) is 80.5 Å². The Labute approximate surface area is 252 Å². The number of hydrogen-bond donors (Lipinski definition) is 1. The maximum absolute atomic E-state index is 12.3. The molecule has 1 N–H and O–H groups in total. The molecule has 3 heterocycles. The number of imidazole rings is 1. The summed E-state index contributed by atoms with van der Waals surface area (Å²) in [6.45, 7) is 3.25. The number of aromatic nitrogens is 3. The molecule has 3 aromatic carbocycles. The Balaban J connectivity index is 1.18. The molecule has 1 saturated carbocycles. The highest BCUT2D eigenvalue weighted by atomic mass is 16.5. The molecule has 0 bridgehead atoms. The number of piperidine rings is 1. The number of para-hydroxylation sites is 1. The zero-order valence-corrected chi connectivity index (χ0v) is 24.5. The van der Waals surface area contributed by atoms with Crippen LogP contribution < -0.4 is 9.64 Å². The molecule has 2 aromatic heterocycles. The molecule has 0 radical (unpaired) electrons. The van der Waals surface area contributed by atoms with Crippen LogP contribution in [0.1, 0.15) is 67.9 Å². The van der Waals surface area contributed by atoms with Gasteiger partial charge in [-0.2, -0.15) is 0 Å². The molecule has 1 aliphatic carbocycles. The van der Waals surface area contributed by atoms with Crippen molar-refractivity contribution in [3.63, 3.8) is 0 Å². The first-order valence-electron chi connectivity index (χ1n) is 15.7. The van der Waals surface area contributed by atoms with Crippen LogP contribution in [0.25, 0.3) is 21.9 Å². The SMILES string of the molecule is O=C(O)C1CCCCC1c1nc2cc(OCc3ccc4ccccc4n3)ccc2n1Cc1ccc(N2CCCCC2)cc1. The summed E-state index contributed by atoms with van der Waals surface area (Å²) < 4.78 is 8.42. The standard InChI is InChI=1S/C36H38N4O3/c41-36(42)31-10-4-3-9-30(31)35-38-33-22-29(43-24-27-15-14-26-8-2-5-11-32(26)37-27)18-19-34(33)40(35)23-25-12-16-28(17-13-25)39-20-6-1-7-21-39/h2,5,8,11-19,22,30-31H,1,3-4,6-7,9-10,20-21,23-24H2,(H,41,42). The molecular formula is C36H38N4O3. The summed E-state index contributed by atoms with van der Waals surface area (Å²) in [5.41, 5.74) is 6.11. The maximum Gasteiger partial charge on any atom is 0.307 e. The fraction of sp³-hybridized carbons (Fsp3) is 0.361. The predicted octanol–water partition coefficient (Wildman–Crippen LogP) is 7.56. The van der Waals surface area contributed by atoms with E-state index in [-0.39, 0.29) is 5.92 Å². The van der Waals surface area contributed by atoms with E-state index in [0.717, 1.165) is 71.6 Å². The average molecular weight is 575 g/mol. The summed E-state index contributed by atoms with van der Waals surface area (Å²) in [5.74, 6) is 0.345. The smallest absolute Gasteiger partial charge is 0.307 e. The van der Waals surface area contributed by atoms with Crippen LogP contribution in [0.4, 0.5) is 5.69 Å². The van der Waals surface area contributed by atoms with E-state index in [9.17, 15) is 9.90 Å². The van der Waals surface area contributed by atoms with Crippen molar-refractivity contribution in [2.75, 3.05) is 18.0 Å². The lowest BCUT2D eigenvalue weighted by atomic mass is 9.78. The van der Waals surface area contributed by atoms with Gasteiger partial charge in [-0.1, -0.05) is 49.2 Å². The van der Waals surface area contributed by atoms with Gasteiger partial charge in [0.05, 0.1) is 28.2 Å². The maximum atomic E-state index is 12.3. The molecule has 1 aliphatic heterocycles. The van der Waals surface area contributed by atoms with Gasteiger partial charge >= 0.3 is 5.97 Å². The van der Waals surface area contributed by atoms with Gasteiger partial charge in [0.25, 0.3) is 0 Å². The quantitative estimate of drug-likeness (QED) is 0.206. The fourth-order valence-corrected chi connectivity index (χ4v) is 6.90. The fourth-order valence-electron chi connectivity index (χ4n) is 6.90. The van der Waals surface area contributed by atoms with Crippen LogP contribution >= 0.6 is 0 Å². The molecule has 0 spiro atoms. The number of rotatable bonds is 8. The second kappa shape index (κ2) is 12.1.